The van der Waals surface area contributed by atoms with Crippen molar-refractivity contribution in [1.82, 2.24) is 19.7 Å². The zero-order valence-corrected chi connectivity index (χ0v) is 19.3. The number of aromatic amines is 1. The van der Waals surface area contributed by atoms with Crippen LogP contribution in [0.3, 0.4) is 0 Å². The molecule has 3 aliphatic rings. The van der Waals surface area contributed by atoms with E-state index >= 15 is 0 Å². The van der Waals surface area contributed by atoms with E-state index in [1.54, 1.807) is 0 Å². The molecule has 5 heteroatoms. The predicted octanol–water partition coefficient (Wildman–Crippen LogP) is 4.46. The number of hydrogen-bond acceptors (Lipinski definition) is 3. The van der Waals surface area contributed by atoms with Crippen molar-refractivity contribution in [2.75, 3.05) is 39.3 Å². The van der Waals surface area contributed by atoms with Gasteiger partial charge in [0, 0.05) is 60.9 Å². The van der Waals surface area contributed by atoms with Gasteiger partial charge in [-0.05, 0) is 76.2 Å². The second kappa shape index (κ2) is 8.95. The number of aromatic nitrogens is 1. The summed E-state index contributed by atoms with van der Waals surface area (Å²) in [5.74, 6) is 0.809. The molecule has 1 saturated carbocycles. The van der Waals surface area contributed by atoms with Gasteiger partial charge in [0.2, 0.25) is 0 Å². The summed E-state index contributed by atoms with van der Waals surface area (Å²) in [4.78, 5) is 23.8. The van der Waals surface area contributed by atoms with E-state index < -0.39 is 0 Å². The number of H-pyrrole nitrogens is 1. The lowest BCUT2D eigenvalue weighted by molar-refractivity contribution is 0.0595. The van der Waals surface area contributed by atoms with E-state index in [1.807, 2.05) is 11.0 Å². The molecule has 1 aliphatic carbocycles. The highest BCUT2D eigenvalue weighted by molar-refractivity contribution is 5.98. The van der Waals surface area contributed by atoms with Crippen molar-refractivity contribution >= 4 is 16.8 Å². The van der Waals surface area contributed by atoms with Crippen LogP contribution in [0.4, 0.5) is 0 Å². The number of nitrogens with one attached hydrogen (secondary N) is 1. The fourth-order valence-electron chi connectivity index (χ4n) is 6.09. The monoisotopic (exact) mass is 422 g/mol. The first-order valence-corrected chi connectivity index (χ1v) is 12.5. The van der Waals surface area contributed by atoms with Crippen LogP contribution in [0.15, 0.2) is 24.4 Å². The molecule has 5 rings (SSSR count). The van der Waals surface area contributed by atoms with E-state index in [0.717, 1.165) is 43.3 Å². The summed E-state index contributed by atoms with van der Waals surface area (Å²) in [5, 5.41) is 1.31. The third-order valence-electron chi connectivity index (χ3n) is 8.10. The van der Waals surface area contributed by atoms with Gasteiger partial charge in [-0.25, -0.2) is 0 Å². The molecule has 0 unspecified atom stereocenters. The Morgan fingerprint density at radius 3 is 2.35 bits per heavy atom. The summed E-state index contributed by atoms with van der Waals surface area (Å²) in [6, 6.07) is 7.70. The molecule has 1 aromatic heterocycles. The molecule has 2 aliphatic heterocycles. The van der Waals surface area contributed by atoms with Gasteiger partial charge in [0.1, 0.15) is 0 Å². The van der Waals surface area contributed by atoms with Crippen molar-refractivity contribution < 1.29 is 4.79 Å². The minimum atomic E-state index is 0.173. The number of benzene rings is 1. The highest BCUT2D eigenvalue weighted by Gasteiger charge is 2.29. The van der Waals surface area contributed by atoms with Crippen LogP contribution < -0.4 is 0 Å². The molecule has 0 spiro atoms. The Labute approximate surface area is 186 Å². The number of carbonyl (C=O) groups is 1. The summed E-state index contributed by atoms with van der Waals surface area (Å²) in [6.07, 6.45) is 10.4. The standard InChI is InChI=1S/C26H38N4O/c1-19(2)28-13-15-30(16-14-28)26(31)21-7-8-23-24(18-27-25(23)17-21)20-9-11-29(12-10-20)22-5-3-4-6-22/h7-8,17-20,22,27H,3-6,9-16H2,1-2H3. The minimum absolute atomic E-state index is 0.173. The van der Waals surface area contributed by atoms with Gasteiger partial charge < -0.3 is 14.8 Å². The Morgan fingerprint density at radius 2 is 1.68 bits per heavy atom. The number of hydrogen-bond donors (Lipinski definition) is 1. The van der Waals surface area contributed by atoms with Gasteiger partial charge in [-0.2, -0.15) is 0 Å². The molecule has 5 nitrogen and oxygen atoms in total. The number of piperazine rings is 1. The summed E-state index contributed by atoms with van der Waals surface area (Å²) in [7, 11) is 0. The average molecular weight is 423 g/mol. The average Bonchev–Trinajstić information content (AvgIpc) is 3.48. The Morgan fingerprint density at radius 1 is 0.968 bits per heavy atom. The van der Waals surface area contributed by atoms with Crippen LogP contribution in [0.5, 0.6) is 0 Å². The summed E-state index contributed by atoms with van der Waals surface area (Å²) in [5.41, 5.74) is 3.38. The molecule has 1 aromatic carbocycles. The predicted molar refractivity (Wildman–Crippen MR) is 127 cm³/mol. The van der Waals surface area contributed by atoms with Gasteiger partial charge in [0.25, 0.3) is 5.91 Å². The van der Waals surface area contributed by atoms with Gasteiger partial charge in [0.15, 0.2) is 0 Å². The minimum Gasteiger partial charge on any atom is -0.361 e. The number of carbonyl (C=O) groups excluding carboxylic acids is 1. The maximum absolute atomic E-state index is 13.1. The molecule has 1 N–H and O–H groups in total. The van der Waals surface area contributed by atoms with E-state index in [0.29, 0.717) is 12.0 Å². The maximum Gasteiger partial charge on any atom is 0.254 e. The molecular formula is C26H38N4O. The molecule has 3 heterocycles. The van der Waals surface area contributed by atoms with Gasteiger partial charge in [0.05, 0.1) is 0 Å². The summed E-state index contributed by atoms with van der Waals surface area (Å²) in [6.45, 7) is 10.5. The van der Waals surface area contributed by atoms with E-state index in [4.69, 9.17) is 0 Å². The Kier molecular flexibility index (Phi) is 6.07. The zero-order chi connectivity index (χ0) is 21.4. The lowest BCUT2D eigenvalue weighted by Crippen LogP contribution is -2.50. The Balaban J connectivity index is 1.24. The van der Waals surface area contributed by atoms with Crippen LogP contribution in [-0.4, -0.2) is 76.9 Å². The highest BCUT2D eigenvalue weighted by atomic mass is 16.2. The third-order valence-corrected chi connectivity index (χ3v) is 8.10. The topological polar surface area (TPSA) is 42.6 Å². The molecular weight excluding hydrogens is 384 g/mol. The quantitative estimate of drug-likeness (QED) is 0.791. The van der Waals surface area contributed by atoms with Crippen molar-refractivity contribution in [2.24, 2.45) is 0 Å². The fraction of sp³-hybridized carbons (Fsp3) is 0.654. The van der Waals surface area contributed by atoms with Crippen molar-refractivity contribution in [3.8, 4) is 0 Å². The molecule has 31 heavy (non-hydrogen) atoms. The second-order valence-corrected chi connectivity index (χ2v) is 10.2. The van der Waals surface area contributed by atoms with Crippen LogP contribution in [0, 0.1) is 0 Å². The van der Waals surface area contributed by atoms with Crippen molar-refractivity contribution in [3.63, 3.8) is 0 Å². The van der Waals surface area contributed by atoms with Crippen LogP contribution in [-0.2, 0) is 0 Å². The molecule has 2 aromatic rings. The summed E-state index contributed by atoms with van der Waals surface area (Å²) < 4.78 is 0. The number of fused-ring (bicyclic) bond motifs is 1. The van der Waals surface area contributed by atoms with Crippen LogP contribution in [0.2, 0.25) is 0 Å². The number of likely N-dealkylation sites (tertiary alicyclic amines) is 1. The number of nitrogens with zero attached hydrogens (tertiary/aromatic N) is 3. The number of rotatable bonds is 4. The molecule has 2 saturated heterocycles. The SMILES string of the molecule is CC(C)N1CCN(C(=O)c2ccc3c(C4CCN(C5CCCC5)CC4)c[nH]c3c2)CC1. The van der Waals surface area contributed by atoms with Crippen LogP contribution in [0.25, 0.3) is 10.9 Å². The molecule has 0 bridgehead atoms. The Bertz CT molecular complexity index is 897. The lowest BCUT2D eigenvalue weighted by atomic mass is 9.88. The molecule has 3 fully saturated rings. The van der Waals surface area contributed by atoms with Crippen molar-refractivity contribution in [2.45, 2.75) is 70.4 Å². The first-order chi connectivity index (χ1) is 15.1. The number of piperidine rings is 1. The van der Waals surface area contributed by atoms with Gasteiger partial charge in [-0.15, -0.1) is 0 Å². The first-order valence-electron chi connectivity index (χ1n) is 12.5. The van der Waals surface area contributed by atoms with Gasteiger partial charge in [-0.3, -0.25) is 9.69 Å². The highest BCUT2D eigenvalue weighted by Crippen LogP contribution is 2.36. The van der Waals surface area contributed by atoms with Crippen molar-refractivity contribution in [3.05, 3.63) is 35.5 Å². The van der Waals surface area contributed by atoms with E-state index in [-0.39, 0.29) is 5.91 Å². The largest absolute Gasteiger partial charge is 0.361 e. The van der Waals surface area contributed by atoms with Crippen LogP contribution in [0.1, 0.15) is 74.2 Å². The second-order valence-electron chi connectivity index (χ2n) is 10.2. The fourth-order valence-corrected chi connectivity index (χ4v) is 6.09. The van der Waals surface area contributed by atoms with Crippen molar-refractivity contribution in [1.29, 1.82) is 0 Å². The number of amides is 1. The molecule has 1 amide bonds. The van der Waals surface area contributed by atoms with E-state index in [9.17, 15) is 4.79 Å². The van der Waals surface area contributed by atoms with E-state index in [2.05, 4.69) is 47.0 Å². The molecule has 0 radical (unpaired) electrons. The smallest absolute Gasteiger partial charge is 0.254 e. The van der Waals surface area contributed by atoms with Gasteiger partial charge in [-0.1, -0.05) is 18.9 Å². The maximum atomic E-state index is 13.1. The molecule has 0 atom stereocenters. The Hall–Kier alpha value is -1.85. The normalized spacial score (nSPS) is 22.7. The zero-order valence-electron chi connectivity index (χ0n) is 19.3. The van der Waals surface area contributed by atoms with Gasteiger partial charge >= 0.3 is 0 Å². The molecule has 168 valence electrons. The van der Waals surface area contributed by atoms with E-state index in [1.165, 1.54) is 62.6 Å². The summed E-state index contributed by atoms with van der Waals surface area (Å²) >= 11 is 0. The lowest BCUT2D eigenvalue weighted by Gasteiger charge is -2.37. The van der Waals surface area contributed by atoms with Crippen LogP contribution >= 0.6 is 0 Å². The third kappa shape index (κ3) is 4.27. The first kappa shape index (κ1) is 21.0.